The molecule has 0 saturated heterocycles. The Labute approximate surface area is 268 Å². The van der Waals surface area contributed by atoms with Crippen LogP contribution in [0.25, 0.3) is 6.08 Å². The highest BCUT2D eigenvalue weighted by molar-refractivity contribution is 8.00. The summed E-state index contributed by atoms with van der Waals surface area (Å²) in [6.45, 7) is 4.62. The second-order valence-electron chi connectivity index (χ2n) is 10.1. The number of anilines is 2. The van der Waals surface area contributed by atoms with Gasteiger partial charge >= 0.3 is 0 Å². The average molecular weight is 624 g/mol. The molecule has 3 amide bonds. The molecule has 0 aliphatic heterocycles. The summed E-state index contributed by atoms with van der Waals surface area (Å²) in [5.74, 6) is 0.446. The molecule has 0 spiro atoms. The van der Waals surface area contributed by atoms with Crippen molar-refractivity contribution < 1.29 is 23.9 Å². The molecule has 9 heteroatoms. The Morgan fingerprint density at radius 2 is 1.42 bits per heavy atom. The molecule has 0 bridgehead atoms. The van der Waals surface area contributed by atoms with E-state index in [0.29, 0.717) is 34.9 Å². The summed E-state index contributed by atoms with van der Waals surface area (Å²) >= 11 is 1.40. The van der Waals surface area contributed by atoms with E-state index < -0.39 is 11.8 Å². The largest absolute Gasteiger partial charge is 0.497 e. The third kappa shape index (κ3) is 10.3. The fraction of sp³-hybridized carbons (Fsp3) is 0.194. The molecule has 1 unspecified atom stereocenters. The van der Waals surface area contributed by atoms with Crippen LogP contribution in [-0.4, -0.2) is 36.7 Å². The van der Waals surface area contributed by atoms with Crippen molar-refractivity contribution in [1.29, 1.82) is 0 Å². The molecule has 0 fully saturated rings. The standard InChI is InChI=1S/C36H37N3O5S/c1-4-5-23-44-31-19-13-28(14-20-31)37-34(40)25(2)45-32-21-15-29(16-22-32)38-36(42)33(24-26-11-17-30(43-3)18-12-26)39-35(41)27-9-7-6-8-10-27/h6-22,24-25H,4-5,23H2,1-3H3,(H,37,40)(H,38,42)(H,39,41)/b33-24-. The van der Waals surface area contributed by atoms with Gasteiger partial charge in [0.15, 0.2) is 0 Å². The van der Waals surface area contributed by atoms with Crippen LogP contribution < -0.4 is 25.4 Å². The van der Waals surface area contributed by atoms with Crippen molar-refractivity contribution in [2.45, 2.75) is 36.8 Å². The van der Waals surface area contributed by atoms with Crippen molar-refractivity contribution in [3.8, 4) is 11.5 Å². The maximum absolute atomic E-state index is 13.3. The van der Waals surface area contributed by atoms with Gasteiger partial charge in [0.1, 0.15) is 17.2 Å². The lowest BCUT2D eigenvalue weighted by Gasteiger charge is -2.14. The molecular weight excluding hydrogens is 586 g/mol. The molecule has 0 aliphatic carbocycles. The Hall–Kier alpha value is -5.02. The first kappa shape index (κ1) is 32.9. The van der Waals surface area contributed by atoms with Gasteiger partial charge in [-0.3, -0.25) is 14.4 Å². The van der Waals surface area contributed by atoms with E-state index in [1.165, 1.54) is 11.8 Å². The predicted octanol–water partition coefficient (Wildman–Crippen LogP) is 7.40. The van der Waals surface area contributed by atoms with Crippen LogP contribution >= 0.6 is 11.8 Å². The highest BCUT2D eigenvalue weighted by Crippen LogP contribution is 2.26. The molecule has 1 atom stereocenters. The van der Waals surface area contributed by atoms with Gasteiger partial charge in [-0.15, -0.1) is 11.8 Å². The topological polar surface area (TPSA) is 106 Å². The van der Waals surface area contributed by atoms with E-state index in [1.807, 2.05) is 49.4 Å². The lowest BCUT2D eigenvalue weighted by molar-refractivity contribution is -0.115. The number of amides is 3. The number of benzene rings is 4. The number of hydrogen-bond acceptors (Lipinski definition) is 6. The van der Waals surface area contributed by atoms with Gasteiger partial charge in [0.05, 0.1) is 19.0 Å². The lowest BCUT2D eigenvalue weighted by Crippen LogP contribution is -2.30. The van der Waals surface area contributed by atoms with Gasteiger partial charge in [0, 0.05) is 21.8 Å². The van der Waals surface area contributed by atoms with Crippen LogP contribution in [-0.2, 0) is 9.59 Å². The van der Waals surface area contributed by atoms with E-state index in [-0.39, 0.29) is 16.9 Å². The number of thioether (sulfide) groups is 1. The number of rotatable bonds is 14. The predicted molar refractivity (Wildman–Crippen MR) is 181 cm³/mol. The normalized spacial score (nSPS) is 11.7. The average Bonchev–Trinajstić information content (AvgIpc) is 3.07. The molecule has 232 valence electrons. The maximum atomic E-state index is 13.3. The minimum atomic E-state index is -0.481. The van der Waals surface area contributed by atoms with Crippen molar-refractivity contribution in [3.05, 3.63) is 120 Å². The van der Waals surface area contributed by atoms with Crippen LogP contribution in [0.2, 0.25) is 0 Å². The van der Waals surface area contributed by atoms with Crippen LogP contribution in [0.5, 0.6) is 11.5 Å². The summed E-state index contributed by atoms with van der Waals surface area (Å²) < 4.78 is 10.9. The SMILES string of the molecule is CCCCOc1ccc(NC(=O)C(C)Sc2ccc(NC(=O)/C(=C/c3ccc(OC)cc3)NC(=O)c3ccccc3)cc2)cc1. The first-order valence-electron chi connectivity index (χ1n) is 14.7. The summed E-state index contributed by atoms with van der Waals surface area (Å²) in [5, 5.41) is 8.17. The minimum Gasteiger partial charge on any atom is -0.497 e. The van der Waals surface area contributed by atoms with Crippen molar-refractivity contribution in [3.63, 3.8) is 0 Å². The summed E-state index contributed by atoms with van der Waals surface area (Å²) in [4.78, 5) is 39.9. The Kier molecular flexibility index (Phi) is 12.2. The minimum absolute atomic E-state index is 0.0818. The number of hydrogen-bond donors (Lipinski definition) is 3. The van der Waals surface area contributed by atoms with Crippen molar-refractivity contribution in [2.75, 3.05) is 24.4 Å². The summed E-state index contributed by atoms with van der Waals surface area (Å²) in [7, 11) is 1.58. The van der Waals surface area contributed by atoms with Crippen LogP contribution in [0.3, 0.4) is 0 Å². The van der Waals surface area contributed by atoms with Gasteiger partial charge in [-0.1, -0.05) is 43.7 Å². The molecule has 0 radical (unpaired) electrons. The molecule has 0 aromatic heterocycles. The monoisotopic (exact) mass is 623 g/mol. The van der Waals surface area contributed by atoms with Crippen LogP contribution in [0, 0.1) is 0 Å². The number of methoxy groups -OCH3 is 1. The van der Waals surface area contributed by atoms with Gasteiger partial charge in [-0.2, -0.15) is 0 Å². The van der Waals surface area contributed by atoms with E-state index in [1.54, 1.807) is 73.8 Å². The highest BCUT2D eigenvalue weighted by Gasteiger charge is 2.17. The van der Waals surface area contributed by atoms with Gasteiger partial charge in [0.25, 0.3) is 11.8 Å². The zero-order chi connectivity index (χ0) is 32.0. The molecule has 0 saturated carbocycles. The molecule has 4 rings (SSSR count). The van der Waals surface area contributed by atoms with Gasteiger partial charge < -0.3 is 25.4 Å². The number of ether oxygens (including phenoxy) is 2. The Bertz CT molecular complexity index is 1590. The van der Waals surface area contributed by atoms with E-state index in [2.05, 4.69) is 22.9 Å². The first-order valence-corrected chi connectivity index (χ1v) is 15.6. The molecule has 0 aliphatic rings. The van der Waals surface area contributed by atoms with Gasteiger partial charge in [-0.25, -0.2) is 0 Å². The number of carbonyl (C=O) groups excluding carboxylic acids is 3. The Balaban J connectivity index is 1.37. The quantitative estimate of drug-likeness (QED) is 0.0768. The third-order valence-corrected chi connectivity index (χ3v) is 7.75. The lowest BCUT2D eigenvalue weighted by atomic mass is 10.1. The zero-order valence-corrected chi connectivity index (χ0v) is 26.4. The molecule has 3 N–H and O–H groups in total. The van der Waals surface area contributed by atoms with E-state index >= 15 is 0 Å². The van der Waals surface area contributed by atoms with Crippen LogP contribution in [0.15, 0.2) is 114 Å². The Morgan fingerprint density at radius 3 is 2.07 bits per heavy atom. The van der Waals surface area contributed by atoms with Gasteiger partial charge in [0.2, 0.25) is 5.91 Å². The van der Waals surface area contributed by atoms with Crippen molar-refractivity contribution in [2.24, 2.45) is 0 Å². The molecule has 4 aromatic carbocycles. The molecular formula is C36H37N3O5S. The third-order valence-electron chi connectivity index (χ3n) is 6.64. The zero-order valence-electron chi connectivity index (χ0n) is 25.5. The summed E-state index contributed by atoms with van der Waals surface area (Å²) in [5.41, 5.74) is 2.46. The smallest absolute Gasteiger partial charge is 0.272 e. The second-order valence-corrected chi connectivity index (χ2v) is 11.5. The highest BCUT2D eigenvalue weighted by atomic mass is 32.2. The van der Waals surface area contributed by atoms with Crippen molar-refractivity contribution in [1.82, 2.24) is 5.32 Å². The molecule has 8 nitrogen and oxygen atoms in total. The van der Waals surface area contributed by atoms with Crippen LogP contribution in [0.1, 0.15) is 42.6 Å². The fourth-order valence-corrected chi connectivity index (χ4v) is 4.96. The number of unbranched alkanes of at least 4 members (excludes halogenated alkanes) is 1. The molecule has 0 heterocycles. The molecule has 45 heavy (non-hydrogen) atoms. The van der Waals surface area contributed by atoms with E-state index in [0.717, 1.165) is 23.5 Å². The van der Waals surface area contributed by atoms with Crippen LogP contribution in [0.4, 0.5) is 11.4 Å². The van der Waals surface area contributed by atoms with E-state index in [9.17, 15) is 14.4 Å². The number of carbonyl (C=O) groups is 3. The molecule has 4 aromatic rings. The second kappa shape index (κ2) is 16.7. The van der Waals surface area contributed by atoms with Gasteiger partial charge in [-0.05, 0) is 97.8 Å². The first-order chi connectivity index (χ1) is 21.8. The Morgan fingerprint density at radius 1 is 0.800 bits per heavy atom. The van der Waals surface area contributed by atoms with E-state index in [4.69, 9.17) is 9.47 Å². The number of nitrogens with one attached hydrogen (secondary N) is 3. The maximum Gasteiger partial charge on any atom is 0.272 e. The summed E-state index contributed by atoms with van der Waals surface area (Å²) in [6, 6.07) is 30.4. The fourth-order valence-electron chi connectivity index (χ4n) is 4.09. The summed E-state index contributed by atoms with van der Waals surface area (Å²) in [6.07, 6.45) is 3.67. The van der Waals surface area contributed by atoms with Crippen molar-refractivity contribution >= 4 is 46.9 Å².